The van der Waals surface area contributed by atoms with Gasteiger partial charge in [-0.1, -0.05) is 78.3 Å². The number of anilines is 1. The zero-order valence-electron chi connectivity index (χ0n) is 17.1. The third-order valence-electron chi connectivity index (χ3n) is 5.02. The standard InChI is InChI=1S/C26H24BrNO2/c1-18(2)16-28-24-11-7-6-10-22(24)23(26(28)29)15-20-14-21(27)12-13-25(20)30-17-19-8-4-3-5-9-19/h3-15,18H,16-17H2,1-2H3/b23-15-. The van der Waals surface area contributed by atoms with E-state index in [0.717, 1.165) is 32.6 Å². The number of hydrogen-bond acceptors (Lipinski definition) is 2. The molecule has 0 saturated heterocycles. The maximum absolute atomic E-state index is 13.3. The van der Waals surface area contributed by atoms with Gasteiger partial charge >= 0.3 is 0 Å². The maximum Gasteiger partial charge on any atom is 0.259 e. The Morgan fingerprint density at radius 3 is 2.50 bits per heavy atom. The van der Waals surface area contributed by atoms with Crippen molar-refractivity contribution >= 4 is 39.2 Å². The van der Waals surface area contributed by atoms with Gasteiger partial charge in [0, 0.05) is 27.7 Å². The Bertz CT molecular complexity index is 1090. The molecule has 4 rings (SSSR count). The van der Waals surface area contributed by atoms with Gasteiger partial charge in [-0.2, -0.15) is 0 Å². The number of carbonyl (C=O) groups excluding carboxylic acids is 1. The fraction of sp³-hybridized carbons (Fsp3) is 0.192. The number of fused-ring (bicyclic) bond motifs is 1. The van der Waals surface area contributed by atoms with Gasteiger partial charge in [0.1, 0.15) is 12.4 Å². The van der Waals surface area contributed by atoms with Gasteiger partial charge in [0.2, 0.25) is 0 Å². The first-order chi connectivity index (χ1) is 14.5. The second-order valence-electron chi connectivity index (χ2n) is 7.84. The molecule has 0 saturated carbocycles. The van der Waals surface area contributed by atoms with E-state index < -0.39 is 0 Å². The minimum atomic E-state index is 0.0406. The Labute approximate surface area is 186 Å². The van der Waals surface area contributed by atoms with Crippen molar-refractivity contribution in [3.8, 4) is 5.75 Å². The average Bonchev–Trinajstić information content (AvgIpc) is 2.99. The van der Waals surface area contributed by atoms with Crippen molar-refractivity contribution in [1.29, 1.82) is 0 Å². The number of ether oxygens (including phenoxy) is 1. The van der Waals surface area contributed by atoms with Crippen LogP contribution >= 0.6 is 15.9 Å². The van der Waals surface area contributed by atoms with Crippen molar-refractivity contribution in [3.63, 3.8) is 0 Å². The Morgan fingerprint density at radius 2 is 1.73 bits per heavy atom. The van der Waals surface area contributed by atoms with Crippen molar-refractivity contribution in [3.05, 3.63) is 94.0 Å². The van der Waals surface area contributed by atoms with Crippen LogP contribution in [0.25, 0.3) is 11.6 Å². The van der Waals surface area contributed by atoms with E-state index in [1.165, 1.54) is 0 Å². The predicted molar refractivity (Wildman–Crippen MR) is 126 cm³/mol. The second kappa shape index (κ2) is 8.88. The van der Waals surface area contributed by atoms with Crippen LogP contribution in [0.1, 0.15) is 30.5 Å². The molecule has 4 heteroatoms. The third kappa shape index (κ3) is 4.34. The van der Waals surface area contributed by atoms with Crippen LogP contribution in [0.2, 0.25) is 0 Å². The molecule has 3 aromatic carbocycles. The molecule has 0 unspecified atom stereocenters. The van der Waals surface area contributed by atoms with Crippen molar-refractivity contribution in [2.24, 2.45) is 5.92 Å². The molecule has 1 amide bonds. The summed E-state index contributed by atoms with van der Waals surface area (Å²) in [6.07, 6.45) is 1.95. The summed E-state index contributed by atoms with van der Waals surface area (Å²) in [5, 5.41) is 0. The number of nitrogens with zero attached hydrogens (tertiary/aromatic N) is 1. The van der Waals surface area contributed by atoms with Crippen molar-refractivity contribution in [2.75, 3.05) is 11.4 Å². The van der Waals surface area contributed by atoms with E-state index in [4.69, 9.17) is 4.74 Å². The summed E-state index contributed by atoms with van der Waals surface area (Å²) >= 11 is 3.55. The van der Waals surface area contributed by atoms with Crippen LogP contribution < -0.4 is 9.64 Å². The summed E-state index contributed by atoms with van der Waals surface area (Å²) in [7, 11) is 0. The van der Waals surface area contributed by atoms with Crippen LogP contribution in [0.3, 0.4) is 0 Å². The fourth-order valence-electron chi connectivity index (χ4n) is 3.65. The van der Waals surface area contributed by atoms with Gasteiger partial charge in [-0.15, -0.1) is 0 Å². The Hall–Kier alpha value is -2.85. The first kappa shape index (κ1) is 20.4. The van der Waals surface area contributed by atoms with Crippen LogP contribution in [0, 0.1) is 5.92 Å². The highest BCUT2D eigenvalue weighted by atomic mass is 79.9. The van der Waals surface area contributed by atoms with Crippen LogP contribution in [0.15, 0.2) is 77.3 Å². The summed E-state index contributed by atoms with van der Waals surface area (Å²) in [5.41, 5.74) is 4.63. The molecular formula is C26H24BrNO2. The Morgan fingerprint density at radius 1 is 1.00 bits per heavy atom. The zero-order valence-corrected chi connectivity index (χ0v) is 18.7. The number of carbonyl (C=O) groups is 1. The number of para-hydroxylation sites is 1. The molecule has 1 aliphatic heterocycles. The highest BCUT2D eigenvalue weighted by molar-refractivity contribution is 9.10. The van der Waals surface area contributed by atoms with Crippen LogP contribution in [0.4, 0.5) is 5.69 Å². The molecule has 0 N–H and O–H groups in total. The van der Waals surface area contributed by atoms with Gasteiger partial charge in [-0.3, -0.25) is 4.79 Å². The maximum atomic E-state index is 13.3. The molecular weight excluding hydrogens is 438 g/mol. The average molecular weight is 462 g/mol. The highest BCUT2D eigenvalue weighted by Crippen LogP contribution is 2.39. The lowest BCUT2D eigenvalue weighted by Crippen LogP contribution is -2.30. The molecule has 0 bridgehead atoms. The van der Waals surface area contributed by atoms with E-state index >= 15 is 0 Å². The molecule has 0 spiro atoms. The van der Waals surface area contributed by atoms with Gasteiger partial charge in [0.15, 0.2) is 0 Å². The molecule has 0 aromatic heterocycles. The molecule has 3 aromatic rings. The monoisotopic (exact) mass is 461 g/mol. The van der Waals surface area contributed by atoms with Gasteiger partial charge in [-0.05, 0) is 41.8 Å². The van der Waals surface area contributed by atoms with Gasteiger partial charge < -0.3 is 9.64 Å². The minimum Gasteiger partial charge on any atom is -0.488 e. The summed E-state index contributed by atoms with van der Waals surface area (Å²) in [6, 6.07) is 24.0. The van der Waals surface area contributed by atoms with E-state index in [0.29, 0.717) is 24.6 Å². The van der Waals surface area contributed by atoms with Crippen LogP contribution in [0.5, 0.6) is 5.75 Å². The molecule has 0 atom stereocenters. The minimum absolute atomic E-state index is 0.0406. The third-order valence-corrected chi connectivity index (χ3v) is 5.51. The molecule has 0 aliphatic carbocycles. The quantitative estimate of drug-likeness (QED) is 0.388. The molecule has 30 heavy (non-hydrogen) atoms. The smallest absolute Gasteiger partial charge is 0.259 e. The van der Waals surface area contributed by atoms with Gasteiger partial charge in [0.05, 0.1) is 5.69 Å². The Balaban J connectivity index is 1.70. The molecule has 3 nitrogen and oxygen atoms in total. The number of hydrogen-bond donors (Lipinski definition) is 0. The van der Waals surface area contributed by atoms with Crippen molar-refractivity contribution < 1.29 is 9.53 Å². The van der Waals surface area contributed by atoms with Crippen molar-refractivity contribution in [2.45, 2.75) is 20.5 Å². The number of rotatable bonds is 6. The van der Waals surface area contributed by atoms with E-state index in [-0.39, 0.29) is 5.91 Å². The van der Waals surface area contributed by atoms with E-state index in [2.05, 4.69) is 29.8 Å². The summed E-state index contributed by atoms with van der Waals surface area (Å²) in [4.78, 5) is 15.2. The lowest BCUT2D eigenvalue weighted by molar-refractivity contribution is -0.113. The van der Waals surface area contributed by atoms with E-state index in [1.54, 1.807) is 0 Å². The normalized spacial score (nSPS) is 14.5. The van der Waals surface area contributed by atoms with E-state index in [9.17, 15) is 4.79 Å². The highest BCUT2D eigenvalue weighted by Gasteiger charge is 2.32. The number of halogens is 1. The number of benzene rings is 3. The lowest BCUT2D eigenvalue weighted by atomic mass is 10.0. The predicted octanol–water partition coefficient (Wildman–Crippen LogP) is 6.57. The van der Waals surface area contributed by atoms with Crippen LogP contribution in [-0.2, 0) is 11.4 Å². The molecule has 1 heterocycles. The van der Waals surface area contributed by atoms with Gasteiger partial charge in [-0.25, -0.2) is 0 Å². The molecule has 1 aliphatic rings. The van der Waals surface area contributed by atoms with E-state index in [1.807, 2.05) is 83.8 Å². The molecule has 152 valence electrons. The summed E-state index contributed by atoms with van der Waals surface area (Å²) in [5.74, 6) is 1.18. The molecule has 0 fully saturated rings. The zero-order chi connectivity index (χ0) is 21.1. The largest absolute Gasteiger partial charge is 0.488 e. The van der Waals surface area contributed by atoms with Crippen molar-refractivity contribution in [1.82, 2.24) is 0 Å². The first-order valence-corrected chi connectivity index (χ1v) is 10.9. The second-order valence-corrected chi connectivity index (χ2v) is 8.76. The topological polar surface area (TPSA) is 29.5 Å². The first-order valence-electron chi connectivity index (χ1n) is 10.1. The van der Waals surface area contributed by atoms with Gasteiger partial charge in [0.25, 0.3) is 5.91 Å². The Kier molecular flexibility index (Phi) is 6.05. The van der Waals surface area contributed by atoms with Crippen LogP contribution in [-0.4, -0.2) is 12.5 Å². The summed E-state index contributed by atoms with van der Waals surface area (Å²) < 4.78 is 7.06. The SMILES string of the molecule is CC(C)CN1C(=O)/C(=C\c2cc(Br)ccc2OCc2ccccc2)c2ccccc21. The number of amides is 1. The lowest BCUT2D eigenvalue weighted by Gasteiger charge is -2.19. The summed E-state index contributed by atoms with van der Waals surface area (Å²) in [6.45, 7) is 5.43. The fourth-order valence-corrected chi connectivity index (χ4v) is 4.03. The molecule has 0 radical (unpaired) electrons.